The Morgan fingerprint density at radius 3 is 2.64 bits per heavy atom. The van der Waals surface area contributed by atoms with E-state index in [1.165, 1.54) is 13.0 Å². The molecule has 0 atom stereocenters. The van der Waals surface area contributed by atoms with E-state index in [4.69, 9.17) is 0 Å². The molecule has 0 radical (unpaired) electrons. The van der Waals surface area contributed by atoms with Crippen LogP contribution in [0.3, 0.4) is 0 Å². The maximum absolute atomic E-state index is 12.3. The number of rotatable bonds is 2. The first-order chi connectivity index (χ1) is 6.43. The number of hydrogen-bond acceptors (Lipinski definition) is 3. The average Bonchev–Trinajstić information content (AvgIpc) is 2.02. The summed E-state index contributed by atoms with van der Waals surface area (Å²) in [4.78, 5) is 12.8. The van der Waals surface area contributed by atoms with Gasteiger partial charge in [0.15, 0.2) is 0 Å². The highest BCUT2D eigenvalue weighted by Gasteiger charge is 2.24. The number of aromatic nitrogens is 1. The van der Waals surface area contributed by atoms with Crippen molar-refractivity contribution in [3.8, 4) is 0 Å². The highest BCUT2D eigenvalue weighted by atomic mass is 79.9. The fourth-order valence-electron chi connectivity index (χ4n) is 0.933. The molecule has 7 heteroatoms. The highest BCUT2D eigenvalue weighted by molar-refractivity contribution is 9.10. The number of hydrogen-bond donors (Lipinski definition) is 0. The lowest BCUT2D eigenvalue weighted by molar-refractivity contribution is -0.390. The molecule has 0 fully saturated rings. The molecule has 0 aliphatic heterocycles. The van der Waals surface area contributed by atoms with Gasteiger partial charge in [0.25, 0.3) is 0 Å². The molecule has 76 valence electrons. The average molecular weight is 267 g/mol. The Hall–Kier alpha value is -1.11. The van der Waals surface area contributed by atoms with Crippen LogP contribution in [0.25, 0.3) is 0 Å². The first kappa shape index (κ1) is 11.0. The molecule has 1 aromatic rings. The summed E-state index contributed by atoms with van der Waals surface area (Å²) >= 11 is 2.88. The van der Waals surface area contributed by atoms with Crippen LogP contribution in [-0.4, -0.2) is 9.91 Å². The van der Waals surface area contributed by atoms with E-state index in [1.807, 2.05) is 0 Å². The van der Waals surface area contributed by atoms with Gasteiger partial charge in [-0.25, -0.2) is 8.78 Å². The lowest BCUT2D eigenvalue weighted by Crippen LogP contribution is -2.00. The van der Waals surface area contributed by atoms with E-state index < -0.39 is 22.9 Å². The van der Waals surface area contributed by atoms with Crippen LogP contribution < -0.4 is 0 Å². The van der Waals surface area contributed by atoms with Gasteiger partial charge in [0.1, 0.15) is 4.47 Å². The molecule has 0 amide bonds. The third-order valence-electron chi connectivity index (χ3n) is 1.57. The molecule has 0 aliphatic carbocycles. The minimum atomic E-state index is -2.80. The summed E-state index contributed by atoms with van der Waals surface area (Å²) in [5, 5.41) is 10.4. The molecular weight excluding hydrogens is 262 g/mol. The van der Waals surface area contributed by atoms with Crippen molar-refractivity contribution in [3.63, 3.8) is 0 Å². The predicted molar refractivity (Wildman–Crippen MR) is 48.3 cm³/mol. The van der Waals surface area contributed by atoms with Crippen LogP contribution >= 0.6 is 15.9 Å². The molecule has 0 saturated heterocycles. The quantitative estimate of drug-likeness (QED) is 0.611. The highest BCUT2D eigenvalue weighted by Crippen LogP contribution is 2.29. The second-order valence-electron chi connectivity index (χ2n) is 2.55. The largest absolute Gasteiger partial charge is 0.378 e. The van der Waals surface area contributed by atoms with Crippen LogP contribution in [0, 0.1) is 17.0 Å². The van der Waals surface area contributed by atoms with Crippen molar-refractivity contribution in [3.05, 3.63) is 31.9 Å². The fourth-order valence-corrected chi connectivity index (χ4v) is 1.51. The smallest absolute Gasteiger partial charge is 0.358 e. The number of halogens is 3. The number of aryl methyl sites for hydroxylation is 1. The third-order valence-corrected chi connectivity index (χ3v) is 2.15. The summed E-state index contributed by atoms with van der Waals surface area (Å²) in [6.07, 6.45) is -2.80. The lowest BCUT2D eigenvalue weighted by Gasteiger charge is -2.01. The van der Waals surface area contributed by atoms with E-state index in [1.54, 1.807) is 0 Å². The van der Waals surface area contributed by atoms with Crippen LogP contribution in [0.1, 0.15) is 17.7 Å². The summed E-state index contributed by atoms with van der Waals surface area (Å²) in [6, 6.07) is 1.26. The molecule has 0 aromatic carbocycles. The maximum Gasteiger partial charge on any atom is 0.378 e. The molecule has 14 heavy (non-hydrogen) atoms. The molecular formula is C7H5BrF2N2O2. The zero-order valence-electron chi connectivity index (χ0n) is 7.00. The molecule has 1 heterocycles. The van der Waals surface area contributed by atoms with Gasteiger partial charge in [0, 0.05) is 5.56 Å². The minimum absolute atomic E-state index is 0.101. The molecule has 0 bridgehead atoms. The van der Waals surface area contributed by atoms with E-state index in [0.29, 0.717) is 0 Å². The maximum atomic E-state index is 12.3. The summed E-state index contributed by atoms with van der Waals surface area (Å²) in [7, 11) is 0. The molecule has 1 aromatic heterocycles. The molecule has 0 unspecified atom stereocenters. The summed E-state index contributed by atoms with van der Waals surface area (Å²) in [5.74, 6) is -0.592. The van der Waals surface area contributed by atoms with Gasteiger partial charge in [-0.1, -0.05) is 0 Å². The predicted octanol–water partition coefficient (Wildman–Crippen LogP) is 3.00. The fraction of sp³-hybridized carbons (Fsp3) is 0.286. The number of nitrogens with zero attached hydrogens (tertiary/aromatic N) is 2. The van der Waals surface area contributed by atoms with Gasteiger partial charge in [-0.3, -0.25) is 0 Å². The van der Waals surface area contributed by atoms with Crippen molar-refractivity contribution in [2.24, 2.45) is 0 Å². The van der Waals surface area contributed by atoms with E-state index in [-0.39, 0.29) is 10.0 Å². The molecule has 0 N–H and O–H groups in total. The van der Waals surface area contributed by atoms with Gasteiger partial charge in [-0.05, 0) is 38.8 Å². The lowest BCUT2D eigenvalue weighted by atomic mass is 10.2. The van der Waals surface area contributed by atoms with Gasteiger partial charge in [0.05, 0.1) is 0 Å². The van der Waals surface area contributed by atoms with E-state index >= 15 is 0 Å². The Labute approximate surface area is 86.2 Å². The van der Waals surface area contributed by atoms with Crippen LogP contribution in [0.4, 0.5) is 14.6 Å². The monoisotopic (exact) mass is 266 g/mol. The van der Waals surface area contributed by atoms with E-state index in [2.05, 4.69) is 20.9 Å². The minimum Gasteiger partial charge on any atom is -0.358 e. The van der Waals surface area contributed by atoms with Crippen LogP contribution in [0.15, 0.2) is 10.5 Å². The summed E-state index contributed by atoms with van der Waals surface area (Å²) in [5.41, 5.74) is -0.336. The Morgan fingerprint density at radius 2 is 2.21 bits per heavy atom. The molecule has 1 rings (SSSR count). The third kappa shape index (κ3) is 2.03. The SMILES string of the molecule is Cc1cc(Br)c([N+](=O)[O-])nc1C(F)F. The van der Waals surface area contributed by atoms with Gasteiger partial charge < -0.3 is 10.1 Å². The van der Waals surface area contributed by atoms with Crippen molar-refractivity contribution in [2.75, 3.05) is 0 Å². The first-order valence-electron chi connectivity index (χ1n) is 3.53. The Bertz CT molecular complexity index is 384. The second kappa shape index (κ2) is 3.95. The normalized spacial score (nSPS) is 10.6. The van der Waals surface area contributed by atoms with Gasteiger partial charge in [0.2, 0.25) is 5.69 Å². The standard InChI is InChI=1S/C7H5BrF2N2O2/c1-3-2-4(8)7(12(13)14)11-5(3)6(9)10/h2,6H,1H3. The zero-order valence-corrected chi connectivity index (χ0v) is 8.59. The van der Waals surface area contributed by atoms with Crippen LogP contribution in [0.2, 0.25) is 0 Å². The van der Waals surface area contributed by atoms with Gasteiger partial charge in [-0.2, -0.15) is 0 Å². The Kier molecular flexibility index (Phi) is 3.10. The van der Waals surface area contributed by atoms with Crippen molar-refractivity contribution in [1.29, 1.82) is 0 Å². The van der Waals surface area contributed by atoms with Gasteiger partial charge >= 0.3 is 12.2 Å². The molecule has 0 aliphatic rings. The van der Waals surface area contributed by atoms with Gasteiger partial charge in [-0.15, -0.1) is 0 Å². The van der Waals surface area contributed by atoms with Crippen LogP contribution in [0.5, 0.6) is 0 Å². The Morgan fingerprint density at radius 1 is 1.64 bits per heavy atom. The van der Waals surface area contributed by atoms with Crippen LogP contribution in [-0.2, 0) is 0 Å². The Balaban J connectivity index is 3.34. The molecule has 0 saturated carbocycles. The first-order valence-corrected chi connectivity index (χ1v) is 4.32. The van der Waals surface area contributed by atoms with Crippen molar-refractivity contribution in [2.45, 2.75) is 13.3 Å². The van der Waals surface area contributed by atoms with Crippen molar-refractivity contribution < 1.29 is 13.7 Å². The summed E-state index contributed by atoms with van der Waals surface area (Å²) < 4.78 is 24.7. The number of pyridine rings is 1. The van der Waals surface area contributed by atoms with E-state index in [9.17, 15) is 18.9 Å². The number of alkyl halides is 2. The van der Waals surface area contributed by atoms with Crippen molar-refractivity contribution >= 4 is 21.7 Å². The molecule has 4 nitrogen and oxygen atoms in total. The molecule has 0 spiro atoms. The topological polar surface area (TPSA) is 56.0 Å². The second-order valence-corrected chi connectivity index (χ2v) is 3.41. The van der Waals surface area contributed by atoms with Crippen molar-refractivity contribution in [1.82, 2.24) is 4.98 Å². The summed E-state index contributed by atoms with van der Waals surface area (Å²) in [6.45, 7) is 1.42. The van der Waals surface area contributed by atoms with E-state index in [0.717, 1.165) is 0 Å². The zero-order chi connectivity index (χ0) is 10.9. The number of nitro groups is 1.